The van der Waals surface area contributed by atoms with Crippen LogP contribution in [-0.4, -0.2) is 143 Å². The van der Waals surface area contributed by atoms with E-state index in [-0.39, 0.29) is 74.8 Å². The van der Waals surface area contributed by atoms with Crippen molar-refractivity contribution in [3.63, 3.8) is 0 Å². The Bertz CT molecular complexity index is 2600. The van der Waals surface area contributed by atoms with Crippen molar-refractivity contribution >= 4 is 81.9 Å². The molecule has 3 aliphatic rings. The molecule has 2 saturated heterocycles. The van der Waals surface area contributed by atoms with E-state index in [0.717, 1.165) is 23.9 Å². The third-order valence-corrected chi connectivity index (χ3v) is 13.7. The summed E-state index contributed by atoms with van der Waals surface area (Å²) < 4.78 is 37.2. The third kappa shape index (κ3) is 12.4. The van der Waals surface area contributed by atoms with Crippen molar-refractivity contribution in [2.75, 3.05) is 76.1 Å². The number of hydrogen-bond donors (Lipinski definition) is 3. The fourth-order valence-corrected chi connectivity index (χ4v) is 10.1. The molecule has 3 aliphatic heterocycles. The number of benzene rings is 3. The predicted molar refractivity (Wildman–Crippen MR) is 259 cm³/mol. The Balaban J connectivity index is 0.750. The van der Waals surface area contributed by atoms with E-state index in [1.807, 2.05) is 4.90 Å². The van der Waals surface area contributed by atoms with Crippen LogP contribution in [0.5, 0.6) is 5.75 Å². The molecule has 7 rings (SSSR count). The molecule has 2 unspecified atom stereocenters. The van der Waals surface area contributed by atoms with E-state index in [9.17, 15) is 33.2 Å². The van der Waals surface area contributed by atoms with Gasteiger partial charge < -0.3 is 34.9 Å². The maximum Gasteiger partial charge on any atom is 0.276 e. The minimum absolute atomic E-state index is 0.0227. The van der Waals surface area contributed by atoms with E-state index in [1.54, 1.807) is 49.4 Å². The molecule has 4 N–H and O–H groups in total. The van der Waals surface area contributed by atoms with Gasteiger partial charge in [0.1, 0.15) is 18.0 Å². The molecule has 70 heavy (non-hydrogen) atoms. The van der Waals surface area contributed by atoms with E-state index in [1.165, 1.54) is 23.9 Å². The van der Waals surface area contributed by atoms with E-state index in [2.05, 4.69) is 39.6 Å². The molecule has 0 bridgehead atoms. The number of nitrogens with two attached hydrogens (primary N) is 1. The minimum atomic E-state index is -1.01. The van der Waals surface area contributed by atoms with Gasteiger partial charge in [0.2, 0.25) is 11.8 Å². The molecule has 18 nitrogen and oxygen atoms in total. The van der Waals surface area contributed by atoms with Gasteiger partial charge in [0, 0.05) is 83.3 Å². The maximum atomic E-state index is 14.1. The van der Waals surface area contributed by atoms with Gasteiger partial charge in [-0.25, -0.2) is 4.39 Å². The molecule has 0 radical (unpaired) electrons. The molecule has 4 atom stereocenters. The fourth-order valence-electron chi connectivity index (χ4n) is 8.50. The Hall–Kier alpha value is -5.74. The van der Waals surface area contributed by atoms with Crippen molar-refractivity contribution in [3.05, 3.63) is 104 Å². The van der Waals surface area contributed by atoms with Crippen molar-refractivity contribution in [1.82, 2.24) is 30.2 Å². The molecule has 0 aliphatic carbocycles. The lowest BCUT2D eigenvalue weighted by Crippen LogP contribution is -2.58. The minimum Gasteiger partial charge on any atom is -0.482 e. The SMILES string of the molecule is CC(Oc1cc(C(=O)Nc2ccc(C(=O)N3C[C@@H](C)N(CCCOCCOCCOCCSc4cccc5c4C(=O)N(C4CCC(=O)NC4=O)C5=O)[C@@H](C)C3)cc2)nnc1N)c1c(Cl)ccc(F)c1Cl. The molecule has 4 heterocycles. The number of fused-ring (bicyclic) bond motifs is 1. The Morgan fingerprint density at radius 1 is 0.914 bits per heavy atom. The van der Waals surface area contributed by atoms with Crippen LogP contribution in [0.1, 0.15) is 93.3 Å². The number of rotatable bonds is 21. The van der Waals surface area contributed by atoms with Gasteiger partial charge in [0.25, 0.3) is 23.6 Å². The number of ether oxygens (including phenoxy) is 4. The number of amides is 6. The summed E-state index contributed by atoms with van der Waals surface area (Å²) in [4.78, 5) is 82.9. The largest absolute Gasteiger partial charge is 0.482 e. The summed E-state index contributed by atoms with van der Waals surface area (Å²) in [6, 6.07) is 14.6. The van der Waals surface area contributed by atoms with Gasteiger partial charge in [0.05, 0.1) is 49.2 Å². The summed E-state index contributed by atoms with van der Waals surface area (Å²) in [5.41, 5.74) is 7.48. The third-order valence-electron chi connectivity index (χ3n) is 12.0. The molecular weight excluding hydrogens is 971 g/mol. The summed E-state index contributed by atoms with van der Waals surface area (Å²) in [5, 5.41) is 12.7. The number of aromatic nitrogens is 2. The number of thioether (sulfide) groups is 1. The standard InChI is InChI=1S/C48H53Cl2FN8O10S/c1-27-25-57(46(63)30-8-10-31(11-9-30)53-44(61)35-24-37(43(52)56-55-35)69-29(3)40-33(49)12-13-34(51)42(40)50)26-28(2)58(27)16-5-17-66-18-19-67-20-21-68-22-23-70-38-7-4-6-32-41(38)48(65)59(47(32)64)36-14-15-39(60)54-45(36)62/h4,6-13,24,27-29,36H,5,14-23,25-26H2,1-3H3,(H2,52,56)(H,53,61)(H,54,60,62)/t27-,28+,29?,36?. The predicted octanol–water partition coefficient (Wildman–Crippen LogP) is 6.07. The summed E-state index contributed by atoms with van der Waals surface area (Å²) in [6.45, 7) is 10.2. The highest BCUT2D eigenvalue weighted by molar-refractivity contribution is 7.99. The van der Waals surface area contributed by atoms with Crippen molar-refractivity contribution in [1.29, 1.82) is 0 Å². The molecule has 3 aromatic carbocycles. The number of piperazine rings is 1. The summed E-state index contributed by atoms with van der Waals surface area (Å²) in [6.07, 6.45) is 0.124. The first-order valence-electron chi connectivity index (χ1n) is 22.7. The summed E-state index contributed by atoms with van der Waals surface area (Å²) in [7, 11) is 0. The highest BCUT2D eigenvalue weighted by atomic mass is 35.5. The van der Waals surface area contributed by atoms with Crippen LogP contribution in [0.25, 0.3) is 0 Å². The van der Waals surface area contributed by atoms with Crippen LogP contribution < -0.4 is 21.1 Å². The van der Waals surface area contributed by atoms with Gasteiger partial charge in [0.15, 0.2) is 17.3 Å². The lowest BCUT2D eigenvalue weighted by atomic mass is 10.0. The van der Waals surface area contributed by atoms with Crippen LogP contribution in [-0.2, 0) is 23.8 Å². The van der Waals surface area contributed by atoms with Gasteiger partial charge in [-0.1, -0.05) is 29.3 Å². The van der Waals surface area contributed by atoms with Gasteiger partial charge in [-0.3, -0.25) is 43.9 Å². The number of anilines is 2. The van der Waals surface area contributed by atoms with Crippen LogP contribution in [0.2, 0.25) is 10.0 Å². The first-order chi connectivity index (χ1) is 33.6. The number of halogens is 3. The summed E-state index contributed by atoms with van der Waals surface area (Å²) in [5.74, 6) is -3.07. The Morgan fingerprint density at radius 3 is 2.30 bits per heavy atom. The normalized spacial score (nSPS) is 18.7. The average Bonchev–Trinajstić information content (AvgIpc) is 3.59. The lowest BCUT2D eigenvalue weighted by Gasteiger charge is -2.44. The number of imide groups is 2. The van der Waals surface area contributed by atoms with Crippen LogP contribution in [0.15, 0.2) is 65.6 Å². The first kappa shape index (κ1) is 52.1. The number of piperidine rings is 1. The molecule has 1 aromatic heterocycles. The second kappa shape index (κ2) is 23.9. The number of carbonyl (C=O) groups is 6. The second-order valence-corrected chi connectivity index (χ2v) is 18.8. The van der Waals surface area contributed by atoms with E-state index >= 15 is 0 Å². The van der Waals surface area contributed by atoms with E-state index in [4.69, 9.17) is 47.9 Å². The van der Waals surface area contributed by atoms with Crippen LogP contribution in [0.3, 0.4) is 0 Å². The van der Waals surface area contributed by atoms with Gasteiger partial charge in [-0.15, -0.1) is 22.0 Å². The Morgan fingerprint density at radius 2 is 1.60 bits per heavy atom. The topological polar surface area (TPSA) is 225 Å². The van der Waals surface area contributed by atoms with E-state index < -0.39 is 47.5 Å². The van der Waals surface area contributed by atoms with Gasteiger partial charge in [-0.2, -0.15) is 0 Å². The quantitative estimate of drug-likeness (QED) is 0.0373. The number of hydrogen-bond acceptors (Lipinski definition) is 15. The molecule has 22 heteroatoms. The fraction of sp³-hybridized carbons (Fsp3) is 0.417. The smallest absolute Gasteiger partial charge is 0.276 e. The zero-order valence-corrected chi connectivity index (χ0v) is 41.0. The Kier molecular flexibility index (Phi) is 17.8. The molecule has 0 spiro atoms. The first-order valence-corrected chi connectivity index (χ1v) is 24.5. The van der Waals surface area contributed by atoms with Crippen molar-refractivity contribution in [2.45, 2.75) is 69.2 Å². The number of nitrogen functional groups attached to an aromatic ring is 1. The molecule has 372 valence electrons. The van der Waals surface area contributed by atoms with Crippen molar-refractivity contribution < 1.29 is 52.1 Å². The molecule has 6 amide bonds. The molecule has 4 aromatic rings. The average molecular weight is 1020 g/mol. The highest BCUT2D eigenvalue weighted by Crippen LogP contribution is 2.37. The van der Waals surface area contributed by atoms with Crippen LogP contribution >= 0.6 is 35.0 Å². The molecule has 0 saturated carbocycles. The number of carbonyl (C=O) groups excluding carboxylic acids is 6. The van der Waals surface area contributed by atoms with Crippen molar-refractivity contribution in [2.24, 2.45) is 0 Å². The second-order valence-electron chi connectivity index (χ2n) is 16.8. The zero-order valence-electron chi connectivity index (χ0n) is 38.7. The molecular formula is C48H53Cl2FN8O10S. The van der Waals surface area contributed by atoms with E-state index in [0.29, 0.717) is 74.6 Å². The lowest BCUT2D eigenvalue weighted by molar-refractivity contribution is -0.136. The van der Waals surface area contributed by atoms with Crippen LogP contribution in [0, 0.1) is 5.82 Å². The Labute approximate surface area is 418 Å². The number of nitrogens with one attached hydrogen (secondary N) is 2. The van der Waals surface area contributed by atoms with Gasteiger partial charge in [-0.05, 0) is 82.1 Å². The zero-order chi connectivity index (χ0) is 50.1. The van der Waals surface area contributed by atoms with Gasteiger partial charge >= 0.3 is 0 Å². The maximum absolute atomic E-state index is 14.1. The highest BCUT2D eigenvalue weighted by Gasteiger charge is 2.45. The summed E-state index contributed by atoms with van der Waals surface area (Å²) >= 11 is 13.8. The van der Waals surface area contributed by atoms with Crippen molar-refractivity contribution in [3.8, 4) is 5.75 Å². The molecule has 2 fully saturated rings. The van der Waals surface area contributed by atoms with Crippen LogP contribution in [0.4, 0.5) is 15.9 Å². The number of nitrogens with zero attached hydrogens (tertiary/aromatic N) is 5. The monoisotopic (exact) mass is 1020 g/mol.